The maximum absolute atomic E-state index is 11.7. The highest BCUT2D eigenvalue weighted by atomic mass is 16.5. The van der Waals surface area contributed by atoms with E-state index in [1.54, 1.807) is 16.7 Å². The summed E-state index contributed by atoms with van der Waals surface area (Å²) in [6.07, 6.45) is 0.595. The molecular formula is C15H16N4O2. The second kappa shape index (κ2) is 5.67. The Hall–Kier alpha value is -2.81. The van der Waals surface area contributed by atoms with Crippen LogP contribution < -0.4 is 5.73 Å². The second-order valence-corrected chi connectivity index (χ2v) is 4.56. The predicted octanol–water partition coefficient (Wildman–Crippen LogP) is 1.98. The third kappa shape index (κ3) is 2.46. The summed E-state index contributed by atoms with van der Waals surface area (Å²) < 4.78 is 6.39. The first-order chi connectivity index (χ1) is 10.0. The molecule has 0 aliphatic carbocycles. The smallest absolute Gasteiger partial charge is 0.360 e. The van der Waals surface area contributed by atoms with Gasteiger partial charge in [-0.1, -0.05) is 13.0 Å². The number of carbonyl (C=O) groups excluding carboxylic acids is 1. The number of ether oxygens (including phenoxy) is 1. The number of anilines is 1. The molecule has 0 amide bonds. The third-order valence-corrected chi connectivity index (χ3v) is 3.26. The Bertz CT molecular complexity index is 741. The summed E-state index contributed by atoms with van der Waals surface area (Å²) in [5.74, 6) is 0.290. The van der Waals surface area contributed by atoms with Crippen molar-refractivity contribution in [3.63, 3.8) is 0 Å². The summed E-state index contributed by atoms with van der Waals surface area (Å²) in [6, 6.07) is 7.40. The fraction of sp³-hybridized carbons (Fsp3) is 0.267. The van der Waals surface area contributed by atoms with Crippen LogP contribution in [-0.4, -0.2) is 22.6 Å². The number of nitrogens with zero attached hydrogens (tertiary/aromatic N) is 3. The van der Waals surface area contributed by atoms with Crippen LogP contribution in [-0.2, 0) is 11.2 Å². The maximum atomic E-state index is 11.7. The molecule has 0 radical (unpaired) electrons. The Labute approximate surface area is 122 Å². The summed E-state index contributed by atoms with van der Waals surface area (Å²) in [5.41, 5.74) is 8.35. The molecule has 2 aromatic rings. The van der Waals surface area contributed by atoms with Crippen molar-refractivity contribution in [3.05, 3.63) is 40.8 Å². The van der Waals surface area contributed by atoms with Crippen molar-refractivity contribution in [1.82, 2.24) is 9.55 Å². The number of aromatic nitrogens is 2. The number of methoxy groups -OCH3 is 1. The van der Waals surface area contributed by atoms with Crippen molar-refractivity contribution in [1.29, 1.82) is 5.26 Å². The van der Waals surface area contributed by atoms with Crippen LogP contribution in [0.5, 0.6) is 0 Å². The molecular weight excluding hydrogens is 268 g/mol. The SMILES string of the molecule is CCc1nc(C(=O)OC)c(N)n1-c1cc(C#N)ccc1C. The van der Waals surface area contributed by atoms with Gasteiger partial charge in [-0.05, 0) is 24.6 Å². The molecule has 0 aliphatic heterocycles. The Kier molecular flexibility index (Phi) is 3.94. The normalized spacial score (nSPS) is 10.2. The Morgan fingerprint density at radius 2 is 2.24 bits per heavy atom. The molecule has 2 N–H and O–H groups in total. The lowest BCUT2D eigenvalue weighted by Gasteiger charge is -2.12. The van der Waals surface area contributed by atoms with Gasteiger partial charge in [-0.15, -0.1) is 0 Å². The molecule has 108 valence electrons. The molecule has 6 heteroatoms. The zero-order valence-electron chi connectivity index (χ0n) is 12.2. The summed E-state index contributed by atoms with van der Waals surface area (Å²) in [6.45, 7) is 3.83. The van der Waals surface area contributed by atoms with Crippen molar-refractivity contribution >= 4 is 11.8 Å². The Morgan fingerprint density at radius 3 is 2.81 bits per heavy atom. The van der Waals surface area contributed by atoms with Crippen LogP contribution in [0.25, 0.3) is 5.69 Å². The number of imidazole rings is 1. The van der Waals surface area contributed by atoms with Crippen LogP contribution in [0.1, 0.15) is 34.4 Å². The van der Waals surface area contributed by atoms with Crippen LogP contribution in [0, 0.1) is 18.3 Å². The molecule has 6 nitrogen and oxygen atoms in total. The number of nitrogen functional groups attached to an aromatic ring is 1. The average Bonchev–Trinajstić information content (AvgIpc) is 2.83. The number of aryl methyl sites for hydroxylation is 2. The van der Waals surface area contributed by atoms with E-state index >= 15 is 0 Å². The van der Waals surface area contributed by atoms with Crippen LogP contribution in [0.15, 0.2) is 18.2 Å². The van der Waals surface area contributed by atoms with E-state index in [9.17, 15) is 4.79 Å². The fourth-order valence-electron chi connectivity index (χ4n) is 2.15. The molecule has 0 bridgehead atoms. The van der Waals surface area contributed by atoms with Gasteiger partial charge in [-0.3, -0.25) is 4.57 Å². The topological polar surface area (TPSA) is 93.9 Å². The van der Waals surface area contributed by atoms with Crippen molar-refractivity contribution in [2.75, 3.05) is 12.8 Å². The number of carbonyl (C=O) groups is 1. The van der Waals surface area contributed by atoms with Gasteiger partial charge < -0.3 is 10.5 Å². The molecule has 21 heavy (non-hydrogen) atoms. The number of hydrogen-bond acceptors (Lipinski definition) is 5. The molecule has 0 atom stereocenters. The van der Waals surface area contributed by atoms with Gasteiger partial charge in [0.1, 0.15) is 11.6 Å². The molecule has 1 aromatic heterocycles. The standard InChI is InChI=1S/C15H16N4O2/c1-4-12-18-13(15(20)21-3)14(17)19(12)11-7-10(8-16)6-5-9(11)2/h5-7H,4,17H2,1-3H3. The predicted molar refractivity (Wildman–Crippen MR) is 78.1 cm³/mol. The van der Waals surface area contributed by atoms with Crippen LogP contribution in [0.4, 0.5) is 5.82 Å². The van der Waals surface area contributed by atoms with Crippen LogP contribution in [0.2, 0.25) is 0 Å². The summed E-state index contributed by atoms with van der Waals surface area (Å²) >= 11 is 0. The van der Waals surface area contributed by atoms with E-state index in [-0.39, 0.29) is 11.5 Å². The van der Waals surface area contributed by atoms with E-state index in [1.807, 2.05) is 19.9 Å². The summed E-state index contributed by atoms with van der Waals surface area (Å²) in [4.78, 5) is 16.0. The molecule has 0 saturated carbocycles. The van der Waals surface area contributed by atoms with E-state index < -0.39 is 5.97 Å². The van der Waals surface area contributed by atoms with Gasteiger partial charge in [-0.2, -0.15) is 5.26 Å². The fourth-order valence-corrected chi connectivity index (χ4v) is 2.15. The number of nitriles is 1. The van der Waals surface area contributed by atoms with Crippen LogP contribution in [0.3, 0.4) is 0 Å². The van der Waals surface area contributed by atoms with Gasteiger partial charge in [0.05, 0.1) is 24.4 Å². The zero-order valence-corrected chi connectivity index (χ0v) is 12.2. The van der Waals surface area contributed by atoms with Gasteiger partial charge in [-0.25, -0.2) is 9.78 Å². The molecule has 0 unspecified atom stereocenters. The minimum atomic E-state index is -0.574. The monoisotopic (exact) mass is 284 g/mol. The average molecular weight is 284 g/mol. The number of benzene rings is 1. The van der Waals surface area contributed by atoms with Gasteiger partial charge in [0.25, 0.3) is 0 Å². The van der Waals surface area contributed by atoms with E-state index in [0.29, 0.717) is 17.8 Å². The van der Waals surface area contributed by atoms with Crippen LogP contribution >= 0.6 is 0 Å². The highest BCUT2D eigenvalue weighted by Crippen LogP contribution is 2.25. The second-order valence-electron chi connectivity index (χ2n) is 4.56. The molecule has 1 aromatic carbocycles. The van der Waals surface area contributed by atoms with E-state index in [4.69, 9.17) is 15.7 Å². The minimum Gasteiger partial charge on any atom is -0.464 e. The Morgan fingerprint density at radius 1 is 1.52 bits per heavy atom. The first kappa shape index (κ1) is 14.6. The van der Waals surface area contributed by atoms with E-state index in [2.05, 4.69) is 11.1 Å². The summed E-state index contributed by atoms with van der Waals surface area (Å²) in [5, 5.41) is 9.05. The number of nitrogens with two attached hydrogens (primary N) is 1. The molecule has 0 aliphatic rings. The van der Waals surface area contributed by atoms with Gasteiger partial charge in [0, 0.05) is 6.42 Å². The van der Waals surface area contributed by atoms with E-state index in [0.717, 1.165) is 11.3 Å². The Balaban J connectivity index is 2.72. The highest BCUT2D eigenvalue weighted by molar-refractivity contribution is 5.92. The van der Waals surface area contributed by atoms with Crippen molar-refractivity contribution < 1.29 is 9.53 Å². The molecule has 2 rings (SSSR count). The lowest BCUT2D eigenvalue weighted by atomic mass is 10.1. The van der Waals surface area contributed by atoms with Crippen molar-refractivity contribution in [3.8, 4) is 11.8 Å². The zero-order chi connectivity index (χ0) is 15.6. The van der Waals surface area contributed by atoms with Crippen molar-refractivity contribution in [2.45, 2.75) is 20.3 Å². The number of rotatable bonds is 3. The first-order valence-electron chi connectivity index (χ1n) is 6.50. The van der Waals surface area contributed by atoms with Crippen molar-refractivity contribution in [2.24, 2.45) is 0 Å². The minimum absolute atomic E-state index is 0.0936. The third-order valence-electron chi connectivity index (χ3n) is 3.26. The first-order valence-corrected chi connectivity index (χ1v) is 6.50. The number of hydrogen-bond donors (Lipinski definition) is 1. The largest absolute Gasteiger partial charge is 0.464 e. The van der Waals surface area contributed by atoms with E-state index in [1.165, 1.54) is 7.11 Å². The molecule has 0 spiro atoms. The number of esters is 1. The summed E-state index contributed by atoms with van der Waals surface area (Å²) in [7, 11) is 1.29. The molecule has 0 fully saturated rings. The van der Waals surface area contributed by atoms with Gasteiger partial charge in [0.15, 0.2) is 5.69 Å². The van der Waals surface area contributed by atoms with Gasteiger partial charge in [0.2, 0.25) is 0 Å². The highest BCUT2D eigenvalue weighted by Gasteiger charge is 2.22. The van der Waals surface area contributed by atoms with Gasteiger partial charge >= 0.3 is 5.97 Å². The lowest BCUT2D eigenvalue weighted by Crippen LogP contribution is -2.09. The lowest BCUT2D eigenvalue weighted by molar-refractivity contribution is 0.0596. The molecule has 1 heterocycles. The quantitative estimate of drug-likeness (QED) is 0.870. The maximum Gasteiger partial charge on any atom is 0.360 e. The molecule has 0 saturated heterocycles.